The summed E-state index contributed by atoms with van der Waals surface area (Å²) in [5.41, 5.74) is 2.49. The summed E-state index contributed by atoms with van der Waals surface area (Å²) in [6.07, 6.45) is 9.21. The van der Waals surface area contributed by atoms with Gasteiger partial charge in [0.2, 0.25) is 0 Å². The molecule has 5 rings (SSSR count). The van der Waals surface area contributed by atoms with E-state index in [1.807, 2.05) is 12.1 Å². The Bertz CT molecular complexity index is 1370. The van der Waals surface area contributed by atoms with Gasteiger partial charge in [-0.3, -0.25) is 19.7 Å². The number of nitrogens with zero attached hydrogens (tertiary/aromatic N) is 5. The number of rotatable bonds is 7. The molecule has 8 heteroatoms. The van der Waals surface area contributed by atoms with Crippen molar-refractivity contribution in [2.75, 3.05) is 18.4 Å². The van der Waals surface area contributed by atoms with Crippen LogP contribution in [0.5, 0.6) is 0 Å². The first-order valence-electron chi connectivity index (χ1n) is 12.3. The minimum Gasteiger partial charge on any atom is -0.366 e. The van der Waals surface area contributed by atoms with E-state index in [1.165, 1.54) is 24.3 Å². The van der Waals surface area contributed by atoms with Gasteiger partial charge in [0.15, 0.2) is 5.78 Å². The van der Waals surface area contributed by atoms with Gasteiger partial charge in [-0.1, -0.05) is 0 Å². The van der Waals surface area contributed by atoms with Crippen LogP contribution < -0.4 is 5.32 Å². The molecule has 0 atom stereocenters. The molecule has 3 aromatic heterocycles. The fourth-order valence-corrected chi connectivity index (χ4v) is 4.55. The predicted molar refractivity (Wildman–Crippen MR) is 138 cm³/mol. The quantitative estimate of drug-likeness (QED) is 0.372. The summed E-state index contributed by atoms with van der Waals surface area (Å²) >= 11 is 0. The van der Waals surface area contributed by atoms with Gasteiger partial charge in [0.1, 0.15) is 17.3 Å². The fraction of sp³-hybridized carbons (Fsp3) is 0.321. The summed E-state index contributed by atoms with van der Waals surface area (Å²) in [6, 6.07) is 10.3. The van der Waals surface area contributed by atoms with Crippen LogP contribution in [0.1, 0.15) is 42.7 Å². The molecule has 1 aliphatic rings. The first-order chi connectivity index (χ1) is 17.4. The number of halogens is 1. The number of nitrogens with one attached hydrogen (secondary N) is 1. The van der Waals surface area contributed by atoms with Gasteiger partial charge in [-0.2, -0.15) is 0 Å². The van der Waals surface area contributed by atoms with Crippen molar-refractivity contribution in [2.24, 2.45) is 0 Å². The second-order valence-corrected chi connectivity index (χ2v) is 9.54. The Hall–Kier alpha value is -3.78. The number of hydrogen-bond acceptors (Lipinski definition) is 7. The van der Waals surface area contributed by atoms with Gasteiger partial charge in [0, 0.05) is 54.2 Å². The van der Waals surface area contributed by atoms with Crippen molar-refractivity contribution in [3.8, 4) is 11.4 Å². The lowest BCUT2D eigenvalue weighted by Gasteiger charge is -2.35. The lowest BCUT2D eigenvalue weighted by atomic mass is 10.0. The monoisotopic (exact) mass is 484 g/mol. The molecule has 7 nitrogen and oxygen atoms in total. The van der Waals surface area contributed by atoms with Gasteiger partial charge in [-0.15, -0.1) is 0 Å². The molecule has 1 fully saturated rings. The van der Waals surface area contributed by atoms with E-state index in [2.05, 4.69) is 39.0 Å². The number of Topliss-reactive ketones (excluding diaryl/α,β-unsaturated/α-hetero) is 1. The molecule has 4 aromatic rings. The summed E-state index contributed by atoms with van der Waals surface area (Å²) in [7, 11) is 0. The van der Waals surface area contributed by atoms with E-state index in [9.17, 15) is 9.18 Å². The molecule has 184 valence electrons. The maximum absolute atomic E-state index is 13.2. The standard InChI is InChI=1S/C28H29FN6O/c1-18(2)35-9-7-23(8-10-35)33-28-17-30-16-26(34-28)25-12-20-11-24(31-14-21(20)15-32-25)13-27(36)19-3-5-22(29)6-4-19/h3-6,11-12,14-18,23H,7-10,13H2,1-2H3,(H,33,34). The van der Waals surface area contributed by atoms with Crippen LogP contribution in [-0.2, 0) is 6.42 Å². The summed E-state index contributed by atoms with van der Waals surface area (Å²) in [5, 5.41) is 5.32. The number of likely N-dealkylation sites (tertiary alicyclic amines) is 1. The molecule has 0 unspecified atom stereocenters. The Morgan fingerprint density at radius 1 is 1.00 bits per heavy atom. The Morgan fingerprint density at radius 2 is 1.75 bits per heavy atom. The lowest BCUT2D eigenvalue weighted by Crippen LogP contribution is -2.42. The molecule has 0 spiro atoms. The van der Waals surface area contributed by atoms with Crippen molar-refractivity contribution in [2.45, 2.75) is 45.2 Å². The molecule has 0 bridgehead atoms. The fourth-order valence-electron chi connectivity index (χ4n) is 4.55. The van der Waals surface area contributed by atoms with Gasteiger partial charge < -0.3 is 10.2 Å². The zero-order valence-electron chi connectivity index (χ0n) is 20.5. The number of aromatic nitrogens is 4. The first-order valence-corrected chi connectivity index (χ1v) is 12.3. The summed E-state index contributed by atoms with van der Waals surface area (Å²) in [5.74, 6) is 0.270. The number of pyridine rings is 2. The van der Waals surface area contributed by atoms with Crippen molar-refractivity contribution < 1.29 is 9.18 Å². The summed E-state index contributed by atoms with van der Waals surface area (Å²) < 4.78 is 13.2. The average molecular weight is 485 g/mol. The molecule has 0 radical (unpaired) electrons. The SMILES string of the molecule is CC(C)N1CCC(Nc2cncc(-c3cc4cc(CC(=O)c5ccc(F)cc5)ncc4cn3)n2)CC1. The van der Waals surface area contributed by atoms with Gasteiger partial charge in [-0.25, -0.2) is 9.37 Å². The predicted octanol–water partition coefficient (Wildman–Crippen LogP) is 4.94. The molecule has 1 saturated heterocycles. The van der Waals surface area contributed by atoms with Gasteiger partial charge in [0.05, 0.1) is 24.5 Å². The molecule has 0 amide bonds. The molecule has 4 heterocycles. The van der Waals surface area contributed by atoms with Crippen molar-refractivity contribution in [3.63, 3.8) is 0 Å². The smallest absolute Gasteiger partial charge is 0.168 e. The molecular formula is C28H29FN6O. The highest BCUT2D eigenvalue weighted by molar-refractivity contribution is 5.97. The Kier molecular flexibility index (Phi) is 6.95. The van der Waals surface area contributed by atoms with Crippen LogP contribution in [-0.4, -0.2) is 55.8 Å². The molecule has 36 heavy (non-hydrogen) atoms. The van der Waals surface area contributed by atoms with Gasteiger partial charge in [-0.05, 0) is 68.5 Å². The van der Waals surface area contributed by atoms with Crippen molar-refractivity contribution in [1.82, 2.24) is 24.8 Å². The summed E-state index contributed by atoms with van der Waals surface area (Å²) in [6.45, 7) is 6.63. The minimum atomic E-state index is -0.366. The normalized spacial score (nSPS) is 14.9. The van der Waals surface area contributed by atoms with E-state index in [0.29, 0.717) is 34.7 Å². The Morgan fingerprint density at radius 3 is 2.50 bits per heavy atom. The highest BCUT2D eigenvalue weighted by Gasteiger charge is 2.21. The molecule has 0 aliphatic carbocycles. The Labute approximate surface area is 209 Å². The van der Waals surface area contributed by atoms with Crippen molar-refractivity contribution in [1.29, 1.82) is 0 Å². The van der Waals surface area contributed by atoms with Crippen LogP contribution in [0.3, 0.4) is 0 Å². The number of hydrogen-bond donors (Lipinski definition) is 1. The number of carbonyl (C=O) groups is 1. The van der Waals surface area contributed by atoms with E-state index in [4.69, 9.17) is 4.98 Å². The van der Waals surface area contributed by atoms with Crippen LogP contribution in [0.2, 0.25) is 0 Å². The van der Waals surface area contributed by atoms with Crippen LogP contribution in [0.4, 0.5) is 10.2 Å². The minimum absolute atomic E-state index is 0.111. The van der Waals surface area contributed by atoms with Crippen LogP contribution >= 0.6 is 0 Å². The number of anilines is 1. The maximum atomic E-state index is 13.2. The number of piperidine rings is 1. The first kappa shape index (κ1) is 23.9. The average Bonchev–Trinajstić information content (AvgIpc) is 2.89. The lowest BCUT2D eigenvalue weighted by molar-refractivity contribution is 0.0992. The number of ketones is 1. The van der Waals surface area contributed by atoms with Crippen molar-refractivity contribution in [3.05, 3.63) is 78.3 Å². The number of benzene rings is 1. The van der Waals surface area contributed by atoms with E-state index >= 15 is 0 Å². The third-order valence-corrected chi connectivity index (χ3v) is 6.68. The van der Waals surface area contributed by atoms with Gasteiger partial charge in [0.25, 0.3) is 0 Å². The molecule has 1 N–H and O–H groups in total. The largest absolute Gasteiger partial charge is 0.366 e. The van der Waals surface area contributed by atoms with Crippen LogP contribution in [0, 0.1) is 5.82 Å². The molecular weight excluding hydrogens is 455 g/mol. The second-order valence-electron chi connectivity index (χ2n) is 9.54. The zero-order valence-corrected chi connectivity index (χ0v) is 20.5. The highest BCUT2D eigenvalue weighted by atomic mass is 19.1. The number of carbonyl (C=O) groups excluding carboxylic acids is 1. The topological polar surface area (TPSA) is 83.9 Å². The van der Waals surface area contributed by atoms with Crippen LogP contribution in [0.25, 0.3) is 22.2 Å². The zero-order chi connectivity index (χ0) is 25.1. The molecule has 1 aliphatic heterocycles. The third kappa shape index (κ3) is 5.54. The molecule has 0 saturated carbocycles. The van der Waals surface area contributed by atoms with E-state index in [-0.39, 0.29) is 18.0 Å². The van der Waals surface area contributed by atoms with Crippen molar-refractivity contribution >= 4 is 22.4 Å². The summed E-state index contributed by atoms with van der Waals surface area (Å²) in [4.78, 5) is 33.2. The maximum Gasteiger partial charge on any atom is 0.168 e. The third-order valence-electron chi connectivity index (χ3n) is 6.68. The van der Waals surface area contributed by atoms with E-state index in [1.54, 1.807) is 24.8 Å². The molecule has 1 aromatic carbocycles. The van der Waals surface area contributed by atoms with E-state index in [0.717, 1.165) is 42.5 Å². The van der Waals surface area contributed by atoms with Crippen LogP contribution in [0.15, 0.2) is 61.2 Å². The van der Waals surface area contributed by atoms with Gasteiger partial charge >= 0.3 is 0 Å². The Balaban J connectivity index is 1.31. The highest BCUT2D eigenvalue weighted by Crippen LogP contribution is 2.23. The second kappa shape index (κ2) is 10.5. The van der Waals surface area contributed by atoms with E-state index < -0.39 is 0 Å². The number of fused-ring (bicyclic) bond motifs is 1.